The standard InChI is InChI=1S/C19H21N7O4S/c1-12-18(13(2)22-21-12)31(27,28)20-9-10-30-17-8-7-16-23-24-19(26(16)25-17)14-5-4-6-15(11-14)29-3/h4-8,11,20H,9-10H2,1-3H3,(H,21,22). The summed E-state index contributed by atoms with van der Waals surface area (Å²) in [6.07, 6.45) is 0. The molecular weight excluding hydrogens is 422 g/mol. The van der Waals surface area contributed by atoms with E-state index in [2.05, 4.69) is 30.2 Å². The van der Waals surface area contributed by atoms with Crippen LogP contribution in [0, 0.1) is 13.8 Å². The molecule has 0 saturated carbocycles. The molecule has 12 heteroatoms. The molecule has 0 fully saturated rings. The van der Waals surface area contributed by atoms with E-state index in [1.54, 1.807) is 37.6 Å². The molecule has 0 radical (unpaired) electrons. The van der Waals surface area contributed by atoms with Gasteiger partial charge >= 0.3 is 0 Å². The molecule has 0 aliphatic rings. The fourth-order valence-corrected chi connectivity index (χ4v) is 4.51. The van der Waals surface area contributed by atoms with E-state index in [9.17, 15) is 8.42 Å². The van der Waals surface area contributed by atoms with Crippen molar-refractivity contribution in [2.45, 2.75) is 18.7 Å². The van der Waals surface area contributed by atoms with Gasteiger partial charge in [0.1, 0.15) is 17.3 Å². The third kappa shape index (κ3) is 4.20. The zero-order valence-corrected chi connectivity index (χ0v) is 18.0. The highest BCUT2D eigenvalue weighted by Crippen LogP contribution is 2.23. The van der Waals surface area contributed by atoms with E-state index in [0.29, 0.717) is 34.5 Å². The van der Waals surface area contributed by atoms with Crippen LogP contribution in [0.3, 0.4) is 0 Å². The first-order valence-electron chi connectivity index (χ1n) is 9.40. The molecule has 0 amide bonds. The smallest absolute Gasteiger partial charge is 0.244 e. The molecule has 0 aliphatic heterocycles. The third-order valence-electron chi connectivity index (χ3n) is 4.54. The predicted octanol–water partition coefficient (Wildman–Crippen LogP) is 1.50. The van der Waals surface area contributed by atoms with Crippen molar-refractivity contribution in [3.05, 3.63) is 47.8 Å². The van der Waals surface area contributed by atoms with Crippen molar-refractivity contribution < 1.29 is 17.9 Å². The first-order valence-corrected chi connectivity index (χ1v) is 10.9. The number of rotatable bonds is 8. The lowest BCUT2D eigenvalue weighted by molar-refractivity contribution is 0.306. The van der Waals surface area contributed by atoms with Crippen LogP contribution in [-0.2, 0) is 10.0 Å². The maximum atomic E-state index is 12.5. The van der Waals surface area contributed by atoms with E-state index in [-0.39, 0.29) is 18.0 Å². The fraction of sp³-hybridized carbons (Fsp3) is 0.263. The number of aromatic amines is 1. The SMILES string of the molecule is COc1cccc(-c2nnc3ccc(OCCNS(=O)(=O)c4c(C)n[nH]c4C)nn23)c1. The predicted molar refractivity (Wildman–Crippen MR) is 112 cm³/mol. The van der Waals surface area contributed by atoms with E-state index in [1.807, 2.05) is 24.3 Å². The molecule has 0 spiro atoms. The Balaban J connectivity index is 1.46. The minimum Gasteiger partial charge on any atom is -0.497 e. The fourth-order valence-electron chi connectivity index (χ4n) is 3.13. The lowest BCUT2D eigenvalue weighted by Crippen LogP contribution is -2.29. The summed E-state index contributed by atoms with van der Waals surface area (Å²) in [6.45, 7) is 3.44. The molecule has 0 bridgehead atoms. The summed E-state index contributed by atoms with van der Waals surface area (Å²) < 4.78 is 39.9. The van der Waals surface area contributed by atoms with Crippen molar-refractivity contribution in [3.8, 4) is 23.0 Å². The summed E-state index contributed by atoms with van der Waals surface area (Å²) >= 11 is 0. The molecule has 0 aliphatic carbocycles. The number of hydrogen-bond acceptors (Lipinski definition) is 8. The maximum Gasteiger partial charge on any atom is 0.244 e. The average molecular weight is 443 g/mol. The minimum atomic E-state index is -3.69. The largest absolute Gasteiger partial charge is 0.497 e. The molecule has 0 saturated heterocycles. The maximum absolute atomic E-state index is 12.5. The number of benzene rings is 1. The third-order valence-corrected chi connectivity index (χ3v) is 6.26. The van der Waals surface area contributed by atoms with E-state index in [1.165, 1.54) is 0 Å². The molecule has 2 N–H and O–H groups in total. The molecule has 31 heavy (non-hydrogen) atoms. The number of nitrogens with zero attached hydrogens (tertiary/aromatic N) is 5. The number of ether oxygens (including phenoxy) is 2. The first kappa shape index (κ1) is 20.8. The Morgan fingerprint density at radius 2 is 2.00 bits per heavy atom. The Bertz CT molecular complexity index is 1310. The van der Waals surface area contributed by atoms with E-state index >= 15 is 0 Å². The Morgan fingerprint density at radius 3 is 2.74 bits per heavy atom. The zero-order chi connectivity index (χ0) is 22.0. The second-order valence-electron chi connectivity index (χ2n) is 6.71. The van der Waals surface area contributed by atoms with Crippen LogP contribution in [0.2, 0.25) is 0 Å². The summed E-state index contributed by atoms with van der Waals surface area (Å²) in [5, 5.41) is 19.3. The van der Waals surface area contributed by atoms with E-state index in [4.69, 9.17) is 9.47 Å². The highest BCUT2D eigenvalue weighted by molar-refractivity contribution is 7.89. The van der Waals surface area contributed by atoms with Crippen LogP contribution in [0.25, 0.3) is 17.0 Å². The van der Waals surface area contributed by atoms with Gasteiger partial charge in [0.05, 0.1) is 18.5 Å². The van der Waals surface area contributed by atoms with Crippen LogP contribution in [0.1, 0.15) is 11.4 Å². The lowest BCUT2D eigenvalue weighted by atomic mass is 10.2. The van der Waals surface area contributed by atoms with Crippen LogP contribution in [0.15, 0.2) is 41.3 Å². The van der Waals surface area contributed by atoms with Gasteiger partial charge in [0.15, 0.2) is 11.5 Å². The number of aromatic nitrogens is 6. The number of sulfonamides is 1. The number of nitrogens with one attached hydrogen (secondary N) is 2. The number of hydrogen-bond donors (Lipinski definition) is 2. The van der Waals surface area contributed by atoms with E-state index < -0.39 is 10.0 Å². The van der Waals surface area contributed by atoms with Crippen molar-refractivity contribution in [1.29, 1.82) is 0 Å². The molecule has 162 valence electrons. The number of fused-ring (bicyclic) bond motifs is 1. The Morgan fingerprint density at radius 1 is 1.16 bits per heavy atom. The highest BCUT2D eigenvalue weighted by Gasteiger charge is 2.21. The van der Waals surface area contributed by atoms with Crippen LogP contribution < -0.4 is 14.2 Å². The number of H-pyrrole nitrogens is 1. The number of methoxy groups -OCH3 is 1. The molecule has 11 nitrogen and oxygen atoms in total. The summed E-state index contributed by atoms with van der Waals surface area (Å²) in [6, 6.07) is 10.8. The summed E-state index contributed by atoms with van der Waals surface area (Å²) in [5.41, 5.74) is 2.23. The van der Waals surface area contributed by atoms with Crippen LogP contribution in [0.4, 0.5) is 0 Å². The normalized spacial score (nSPS) is 11.7. The Labute approximate surface area is 178 Å². The summed E-state index contributed by atoms with van der Waals surface area (Å²) in [4.78, 5) is 0.152. The van der Waals surface area contributed by atoms with Gasteiger partial charge in [-0.25, -0.2) is 13.1 Å². The van der Waals surface area contributed by atoms with Crippen molar-refractivity contribution in [2.75, 3.05) is 20.3 Å². The van der Waals surface area contributed by atoms with Crippen molar-refractivity contribution >= 4 is 15.7 Å². The molecule has 0 unspecified atom stereocenters. The Hall–Kier alpha value is -3.51. The quantitative estimate of drug-likeness (QED) is 0.391. The topological polar surface area (TPSA) is 136 Å². The van der Waals surface area contributed by atoms with Gasteiger partial charge in [-0.3, -0.25) is 5.10 Å². The van der Waals surface area contributed by atoms with Gasteiger partial charge in [0.2, 0.25) is 15.9 Å². The number of aryl methyl sites for hydroxylation is 2. The lowest BCUT2D eigenvalue weighted by Gasteiger charge is -2.09. The molecule has 0 atom stereocenters. The Kier molecular flexibility index (Phi) is 5.57. The van der Waals surface area contributed by atoms with Crippen LogP contribution in [0.5, 0.6) is 11.6 Å². The van der Waals surface area contributed by atoms with Gasteiger partial charge in [0.25, 0.3) is 0 Å². The van der Waals surface area contributed by atoms with Gasteiger partial charge < -0.3 is 9.47 Å². The summed E-state index contributed by atoms with van der Waals surface area (Å²) in [5.74, 6) is 1.54. The highest BCUT2D eigenvalue weighted by atomic mass is 32.2. The second kappa shape index (κ2) is 8.32. The van der Waals surface area contributed by atoms with Gasteiger partial charge in [-0.05, 0) is 32.0 Å². The van der Waals surface area contributed by atoms with Gasteiger partial charge in [-0.2, -0.15) is 9.61 Å². The molecule has 1 aromatic carbocycles. The molecular formula is C19H21N7O4S. The van der Waals surface area contributed by atoms with Gasteiger partial charge in [-0.15, -0.1) is 15.3 Å². The monoisotopic (exact) mass is 443 g/mol. The van der Waals surface area contributed by atoms with Crippen molar-refractivity contribution in [3.63, 3.8) is 0 Å². The summed E-state index contributed by atoms with van der Waals surface area (Å²) in [7, 11) is -2.10. The molecule has 4 rings (SSSR count). The molecule has 3 aromatic heterocycles. The average Bonchev–Trinajstić information content (AvgIpc) is 3.34. The first-order chi connectivity index (χ1) is 14.9. The van der Waals surface area contributed by atoms with Gasteiger partial charge in [-0.1, -0.05) is 12.1 Å². The van der Waals surface area contributed by atoms with Gasteiger partial charge in [0, 0.05) is 18.2 Å². The zero-order valence-electron chi connectivity index (χ0n) is 17.2. The van der Waals surface area contributed by atoms with Crippen molar-refractivity contribution in [2.24, 2.45) is 0 Å². The van der Waals surface area contributed by atoms with E-state index in [0.717, 1.165) is 5.56 Å². The van der Waals surface area contributed by atoms with Crippen molar-refractivity contribution in [1.82, 2.24) is 34.7 Å². The van der Waals surface area contributed by atoms with Crippen LogP contribution in [-0.4, -0.2) is 58.7 Å². The molecule has 4 aromatic rings. The second-order valence-corrected chi connectivity index (χ2v) is 8.41. The van der Waals surface area contributed by atoms with Crippen LogP contribution >= 0.6 is 0 Å². The minimum absolute atomic E-state index is 0.0665. The molecule has 3 heterocycles.